The monoisotopic (exact) mass is 342 g/mol. The quantitative estimate of drug-likeness (QED) is 0.912. The summed E-state index contributed by atoms with van der Waals surface area (Å²) in [6, 6.07) is 5.76. The molecule has 1 saturated carbocycles. The van der Waals surface area contributed by atoms with Crippen LogP contribution < -0.4 is 4.72 Å². The molecule has 1 N–H and O–H groups in total. The average Bonchev–Trinajstić information content (AvgIpc) is 2.45. The number of ether oxygens (including phenoxy) is 1. The van der Waals surface area contributed by atoms with Crippen LogP contribution in [0.3, 0.4) is 0 Å². The van der Waals surface area contributed by atoms with Crippen molar-refractivity contribution in [1.29, 1.82) is 5.26 Å². The molecule has 0 aliphatic heterocycles. The van der Waals surface area contributed by atoms with Crippen LogP contribution in [0, 0.1) is 22.7 Å². The number of benzene rings is 1. The van der Waals surface area contributed by atoms with Crippen LogP contribution in [0.25, 0.3) is 0 Å². The number of nitrogens with zero attached hydrogens (tertiary/aromatic N) is 1. The van der Waals surface area contributed by atoms with Crippen molar-refractivity contribution in [3.8, 4) is 6.07 Å². The summed E-state index contributed by atoms with van der Waals surface area (Å²) < 4.78 is 33.2. The van der Waals surface area contributed by atoms with Crippen LogP contribution >= 0.6 is 11.6 Å². The number of nitrogens with one attached hydrogen (secondary N) is 1. The second kappa shape index (κ2) is 5.82. The van der Waals surface area contributed by atoms with E-state index in [4.69, 9.17) is 21.6 Å². The molecule has 0 radical (unpaired) electrons. The second-order valence-electron chi connectivity index (χ2n) is 6.19. The average molecular weight is 343 g/mol. The Morgan fingerprint density at radius 1 is 1.41 bits per heavy atom. The lowest BCUT2D eigenvalue weighted by molar-refractivity contribution is -0.138. The Balaban J connectivity index is 2.28. The van der Waals surface area contributed by atoms with E-state index in [0.29, 0.717) is 0 Å². The Kier molecular flexibility index (Phi) is 4.56. The van der Waals surface area contributed by atoms with Gasteiger partial charge in [-0.25, -0.2) is 13.1 Å². The Labute approximate surface area is 136 Å². The molecule has 0 amide bonds. The number of methoxy groups -OCH3 is 1. The molecule has 1 aliphatic rings. The van der Waals surface area contributed by atoms with E-state index in [-0.39, 0.29) is 39.0 Å². The molecule has 120 valence electrons. The fourth-order valence-electron chi connectivity index (χ4n) is 3.36. The van der Waals surface area contributed by atoms with Gasteiger partial charge in [-0.05, 0) is 24.1 Å². The summed E-state index contributed by atoms with van der Waals surface area (Å²) in [4.78, 5) is 0.0392. The van der Waals surface area contributed by atoms with E-state index in [1.54, 1.807) is 7.11 Å². The molecule has 5 nitrogen and oxygen atoms in total. The van der Waals surface area contributed by atoms with Gasteiger partial charge in [-0.2, -0.15) is 5.26 Å². The molecular formula is C15H19ClN2O3S. The highest BCUT2D eigenvalue weighted by Crippen LogP contribution is 2.47. The van der Waals surface area contributed by atoms with Gasteiger partial charge in [0.05, 0.1) is 21.6 Å². The van der Waals surface area contributed by atoms with Gasteiger partial charge in [-0.3, -0.25) is 0 Å². The van der Waals surface area contributed by atoms with Crippen molar-refractivity contribution in [2.45, 2.75) is 37.8 Å². The third-order valence-electron chi connectivity index (χ3n) is 4.44. The van der Waals surface area contributed by atoms with Crippen LogP contribution in [-0.4, -0.2) is 27.7 Å². The summed E-state index contributed by atoms with van der Waals surface area (Å²) in [5.74, 6) is 0.0671. The van der Waals surface area contributed by atoms with E-state index < -0.39 is 10.0 Å². The molecule has 1 aromatic rings. The first-order valence-electron chi connectivity index (χ1n) is 6.90. The molecule has 7 heteroatoms. The lowest BCUT2D eigenvalue weighted by atomic mass is 9.58. The minimum atomic E-state index is -3.72. The number of nitriles is 1. The molecule has 1 aliphatic carbocycles. The van der Waals surface area contributed by atoms with E-state index in [1.807, 2.05) is 26.8 Å². The Hall–Kier alpha value is -1.13. The SMILES string of the molecule is CO[C@@H]1[C@H](C)[C@H](NS(=O)(=O)c2ccc(Cl)c(C#N)c2)C1(C)C. The Morgan fingerprint density at radius 3 is 2.55 bits per heavy atom. The van der Waals surface area contributed by atoms with Crippen molar-refractivity contribution in [3.63, 3.8) is 0 Å². The first-order valence-corrected chi connectivity index (χ1v) is 8.76. The first kappa shape index (κ1) is 17.2. The molecule has 2 rings (SSSR count). The number of sulfonamides is 1. The zero-order chi connectivity index (χ0) is 16.7. The summed E-state index contributed by atoms with van der Waals surface area (Å²) in [6.07, 6.45) is 0.0000808. The van der Waals surface area contributed by atoms with Crippen molar-refractivity contribution in [2.75, 3.05) is 7.11 Å². The van der Waals surface area contributed by atoms with Gasteiger partial charge in [0.15, 0.2) is 0 Å². The molecule has 3 atom stereocenters. The molecule has 0 unspecified atom stereocenters. The van der Waals surface area contributed by atoms with Crippen molar-refractivity contribution in [2.24, 2.45) is 11.3 Å². The van der Waals surface area contributed by atoms with E-state index in [2.05, 4.69) is 4.72 Å². The van der Waals surface area contributed by atoms with Gasteiger partial charge >= 0.3 is 0 Å². The van der Waals surface area contributed by atoms with Gasteiger partial charge in [-0.15, -0.1) is 0 Å². The zero-order valence-corrected chi connectivity index (χ0v) is 14.5. The third-order valence-corrected chi connectivity index (χ3v) is 6.21. The zero-order valence-electron chi connectivity index (χ0n) is 12.9. The molecule has 0 saturated heterocycles. The third kappa shape index (κ3) is 2.74. The fourth-order valence-corrected chi connectivity index (χ4v) is 5.03. The number of rotatable bonds is 4. The predicted octanol–water partition coefficient (Wildman–Crippen LogP) is 2.55. The van der Waals surface area contributed by atoms with Crippen LogP contribution in [0.15, 0.2) is 23.1 Å². The van der Waals surface area contributed by atoms with Crippen molar-refractivity contribution >= 4 is 21.6 Å². The molecule has 22 heavy (non-hydrogen) atoms. The summed E-state index contributed by atoms with van der Waals surface area (Å²) in [6.45, 7) is 5.89. The van der Waals surface area contributed by atoms with Gasteiger partial charge in [0.1, 0.15) is 6.07 Å². The molecule has 1 fully saturated rings. The minimum absolute atomic E-state index is 0.0000808. The topological polar surface area (TPSA) is 79.2 Å². The summed E-state index contributed by atoms with van der Waals surface area (Å²) in [7, 11) is -2.09. The van der Waals surface area contributed by atoms with Crippen LogP contribution in [0.5, 0.6) is 0 Å². The maximum absolute atomic E-state index is 12.5. The second-order valence-corrected chi connectivity index (χ2v) is 8.31. The van der Waals surface area contributed by atoms with Crippen LogP contribution in [0.4, 0.5) is 0 Å². The maximum atomic E-state index is 12.5. The molecule has 0 spiro atoms. The van der Waals surface area contributed by atoms with Crippen molar-refractivity contribution < 1.29 is 13.2 Å². The van der Waals surface area contributed by atoms with Gasteiger partial charge < -0.3 is 4.74 Å². The van der Waals surface area contributed by atoms with E-state index in [9.17, 15) is 8.42 Å². The summed E-state index contributed by atoms with van der Waals surface area (Å²) >= 11 is 5.84. The van der Waals surface area contributed by atoms with E-state index in [0.717, 1.165) is 0 Å². The van der Waals surface area contributed by atoms with E-state index in [1.165, 1.54) is 18.2 Å². The molecule has 0 bridgehead atoms. The fraction of sp³-hybridized carbons (Fsp3) is 0.533. The maximum Gasteiger partial charge on any atom is 0.240 e. The van der Waals surface area contributed by atoms with E-state index >= 15 is 0 Å². The Morgan fingerprint density at radius 2 is 2.05 bits per heavy atom. The van der Waals surface area contributed by atoms with Gasteiger partial charge in [0.25, 0.3) is 0 Å². The number of hydrogen-bond donors (Lipinski definition) is 1. The highest BCUT2D eigenvalue weighted by atomic mass is 35.5. The smallest absolute Gasteiger partial charge is 0.240 e. The lowest BCUT2D eigenvalue weighted by Crippen LogP contribution is -2.67. The van der Waals surface area contributed by atoms with Crippen molar-refractivity contribution in [3.05, 3.63) is 28.8 Å². The van der Waals surface area contributed by atoms with Gasteiger partial charge in [-0.1, -0.05) is 32.4 Å². The number of halogens is 1. The van der Waals surface area contributed by atoms with Crippen LogP contribution in [0.2, 0.25) is 5.02 Å². The normalized spacial score (nSPS) is 27.0. The number of hydrogen-bond acceptors (Lipinski definition) is 4. The summed E-state index contributed by atoms with van der Waals surface area (Å²) in [5.41, 5.74) is -0.161. The standard InChI is InChI=1S/C15H19ClN2O3S/c1-9-13(15(2,3)14(9)21-4)18-22(19,20)11-5-6-12(16)10(7-11)8-17/h5-7,9,13-14,18H,1-4H3/t9-,13+,14-/m1/s1. The largest absolute Gasteiger partial charge is 0.380 e. The minimum Gasteiger partial charge on any atom is -0.380 e. The Bertz CT molecular complexity index is 725. The molecular weight excluding hydrogens is 324 g/mol. The summed E-state index contributed by atoms with van der Waals surface area (Å²) in [5, 5.41) is 9.21. The highest BCUT2D eigenvalue weighted by molar-refractivity contribution is 7.89. The lowest BCUT2D eigenvalue weighted by Gasteiger charge is -2.56. The van der Waals surface area contributed by atoms with Gasteiger partial charge in [0, 0.05) is 18.6 Å². The molecule has 1 aromatic carbocycles. The van der Waals surface area contributed by atoms with Crippen LogP contribution in [0.1, 0.15) is 26.3 Å². The predicted molar refractivity (Wildman–Crippen MR) is 84.0 cm³/mol. The molecule has 0 heterocycles. The highest BCUT2D eigenvalue weighted by Gasteiger charge is 2.55. The van der Waals surface area contributed by atoms with Crippen molar-refractivity contribution in [1.82, 2.24) is 4.72 Å². The molecule has 0 aromatic heterocycles. The van der Waals surface area contributed by atoms with Gasteiger partial charge in [0.2, 0.25) is 10.0 Å². The van der Waals surface area contributed by atoms with Crippen LogP contribution in [-0.2, 0) is 14.8 Å². The first-order chi connectivity index (χ1) is 10.1.